The molecule has 0 aliphatic carbocycles. The van der Waals surface area contributed by atoms with Crippen molar-refractivity contribution < 1.29 is 9.47 Å². The largest absolute Gasteiger partial charge is 0.383 e. The van der Waals surface area contributed by atoms with Gasteiger partial charge in [-0.15, -0.1) is 0 Å². The van der Waals surface area contributed by atoms with Gasteiger partial charge >= 0.3 is 5.91 Å². The molecule has 4 heteroatoms. The maximum absolute atomic E-state index is 6.21. The van der Waals surface area contributed by atoms with Gasteiger partial charge in [0.05, 0.1) is 13.2 Å². The summed E-state index contributed by atoms with van der Waals surface area (Å²) in [5, 5.41) is 0. The topological polar surface area (TPSA) is 56.8 Å². The van der Waals surface area contributed by atoms with Crippen LogP contribution in [0.15, 0.2) is 29.3 Å². The van der Waals surface area contributed by atoms with Crippen LogP contribution in [-0.4, -0.2) is 19.0 Å². The Morgan fingerprint density at radius 1 is 0.808 bits per heavy atom. The van der Waals surface area contributed by atoms with Crippen LogP contribution in [0.2, 0.25) is 0 Å². The van der Waals surface area contributed by atoms with Gasteiger partial charge in [0.25, 0.3) is 0 Å². The highest BCUT2D eigenvalue weighted by Gasteiger charge is 2.41. The lowest BCUT2D eigenvalue weighted by atomic mass is 10.1. The molecule has 0 saturated heterocycles. The highest BCUT2D eigenvalue weighted by Crippen LogP contribution is 2.37. The number of amidine groups is 1. The minimum absolute atomic E-state index is 0.512. The standard InChI is InChI=1S/C22H36N2O2/c1-3-5-7-9-13-17-25-22(26-18-14-10-8-6-4-2)20-16-12-11-15-19(20)21(23)24-22/h11-12,15-16H,3-10,13-14,17-18H2,1-2H3,(H2,23,24). The molecule has 1 aliphatic heterocycles. The minimum atomic E-state index is -1.05. The first-order valence-corrected chi connectivity index (χ1v) is 10.5. The quantitative estimate of drug-likeness (QED) is 0.352. The highest BCUT2D eigenvalue weighted by molar-refractivity contribution is 6.01. The van der Waals surface area contributed by atoms with E-state index in [4.69, 9.17) is 15.2 Å². The summed E-state index contributed by atoms with van der Waals surface area (Å²) in [6, 6.07) is 7.99. The first kappa shape index (κ1) is 20.9. The minimum Gasteiger partial charge on any atom is -0.383 e. The zero-order valence-electron chi connectivity index (χ0n) is 16.6. The van der Waals surface area contributed by atoms with Crippen molar-refractivity contribution in [2.75, 3.05) is 13.2 Å². The Labute approximate surface area is 159 Å². The highest BCUT2D eigenvalue weighted by atomic mass is 16.7. The lowest BCUT2D eigenvalue weighted by molar-refractivity contribution is -0.240. The number of benzene rings is 1. The molecule has 146 valence electrons. The third-order valence-electron chi connectivity index (χ3n) is 4.90. The molecule has 1 aliphatic rings. The van der Waals surface area contributed by atoms with E-state index in [1.54, 1.807) is 0 Å². The molecule has 4 nitrogen and oxygen atoms in total. The maximum atomic E-state index is 6.21. The normalized spacial score (nSPS) is 15.1. The molecule has 1 heterocycles. The van der Waals surface area contributed by atoms with E-state index in [0.29, 0.717) is 19.0 Å². The molecule has 2 rings (SSSR count). The van der Waals surface area contributed by atoms with Crippen LogP contribution in [0.3, 0.4) is 0 Å². The lowest BCUT2D eigenvalue weighted by Gasteiger charge is -2.27. The predicted molar refractivity (Wildman–Crippen MR) is 108 cm³/mol. The zero-order valence-corrected chi connectivity index (χ0v) is 16.6. The number of ether oxygens (including phenoxy) is 2. The number of hydrogen-bond acceptors (Lipinski definition) is 4. The maximum Gasteiger partial charge on any atom is 0.300 e. The summed E-state index contributed by atoms with van der Waals surface area (Å²) in [7, 11) is 0. The van der Waals surface area contributed by atoms with Gasteiger partial charge in [-0.3, -0.25) is 0 Å². The molecular weight excluding hydrogens is 324 g/mol. The van der Waals surface area contributed by atoms with Crippen molar-refractivity contribution in [2.24, 2.45) is 10.7 Å². The van der Waals surface area contributed by atoms with Crippen molar-refractivity contribution in [3.8, 4) is 0 Å². The molecule has 1 aromatic carbocycles. The van der Waals surface area contributed by atoms with Crippen LogP contribution in [-0.2, 0) is 15.4 Å². The van der Waals surface area contributed by atoms with Crippen molar-refractivity contribution in [2.45, 2.75) is 84.0 Å². The Morgan fingerprint density at radius 3 is 1.92 bits per heavy atom. The Hall–Kier alpha value is -1.39. The molecule has 2 N–H and O–H groups in total. The summed E-state index contributed by atoms with van der Waals surface area (Å²) in [4.78, 5) is 4.61. The Balaban J connectivity index is 1.94. The zero-order chi connectivity index (χ0) is 18.7. The molecule has 0 atom stereocenters. The summed E-state index contributed by atoms with van der Waals surface area (Å²) in [5.41, 5.74) is 8.03. The number of hydrogen-bond donors (Lipinski definition) is 1. The SMILES string of the molecule is CCCCCCCOC1(OCCCCCCC)N=C(N)c2ccccc21. The van der Waals surface area contributed by atoms with Gasteiger partial charge in [0, 0.05) is 11.1 Å². The van der Waals surface area contributed by atoms with Gasteiger partial charge < -0.3 is 15.2 Å². The molecule has 0 bridgehead atoms. The second kappa shape index (κ2) is 11.3. The summed E-state index contributed by atoms with van der Waals surface area (Å²) >= 11 is 0. The number of aliphatic imine (C=N–C) groups is 1. The van der Waals surface area contributed by atoms with Crippen molar-refractivity contribution in [3.63, 3.8) is 0 Å². The summed E-state index contributed by atoms with van der Waals surface area (Å²) in [6.07, 6.45) is 12.0. The van der Waals surface area contributed by atoms with E-state index in [0.717, 1.165) is 24.0 Å². The predicted octanol–water partition coefficient (Wildman–Crippen LogP) is 5.49. The van der Waals surface area contributed by atoms with E-state index in [2.05, 4.69) is 18.8 Å². The number of nitrogens with two attached hydrogens (primary N) is 1. The molecule has 0 spiro atoms. The van der Waals surface area contributed by atoms with Gasteiger partial charge in [-0.1, -0.05) is 89.5 Å². The summed E-state index contributed by atoms with van der Waals surface area (Å²) < 4.78 is 12.4. The summed E-state index contributed by atoms with van der Waals surface area (Å²) in [5.74, 6) is -0.534. The fourth-order valence-electron chi connectivity index (χ4n) is 3.35. The number of fused-ring (bicyclic) bond motifs is 1. The van der Waals surface area contributed by atoms with Gasteiger partial charge in [-0.2, -0.15) is 0 Å². The monoisotopic (exact) mass is 360 g/mol. The van der Waals surface area contributed by atoms with E-state index < -0.39 is 5.91 Å². The molecule has 0 amide bonds. The Morgan fingerprint density at radius 2 is 1.35 bits per heavy atom. The Kier molecular flexibility index (Phi) is 9.13. The van der Waals surface area contributed by atoms with Crippen molar-refractivity contribution in [1.29, 1.82) is 0 Å². The summed E-state index contributed by atoms with van der Waals surface area (Å²) in [6.45, 7) is 5.74. The first-order chi connectivity index (χ1) is 12.7. The van der Waals surface area contributed by atoms with Crippen molar-refractivity contribution in [3.05, 3.63) is 35.4 Å². The number of nitrogens with zero attached hydrogens (tertiary/aromatic N) is 1. The van der Waals surface area contributed by atoms with Crippen LogP contribution >= 0.6 is 0 Å². The van der Waals surface area contributed by atoms with E-state index in [-0.39, 0.29) is 0 Å². The van der Waals surface area contributed by atoms with Crippen molar-refractivity contribution in [1.82, 2.24) is 0 Å². The van der Waals surface area contributed by atoms with Crippen LogP contribution in [0.1, 0.15) is 89.2 Å². The van der Waals surface area contributed by atoms with Crippen LogP contribution in [0.25, 0.3) is 0 Å². The molecule has 0 radical (unpaired) electrons. The molecule has 1 aromatic rings. The van der Waals surface area contributed by atoms with Gasteiger partial charge in [0.1, 0.15) is 5.84 Å². The van der Waals surface area contributed by atoms with Crippen LogP contribution in [0, 0.1) is 0 Å². The third kappa shape index (κ3) is 5.82. The van der Waals surface area contributed by atoms with Gasteiger partial charge in [0.2, 0.25) is 0 Å². The van der Waals surface area contributed by atoms with Gasteiger partial charge in [-0.25, -0.2) is 4.99 Å². The third-order valence-corrected chi connectivity index (χ3v) is 4.90. The van der Waals surface area contributed by atoms with Gasteiger partial charge in [-0.05, 0) is 12.8 Å². The van der Waals surface area contributed by atoms with Gasteiger partial charge in [0.15, 0.2) is 0 Å². The Bertz CT molecular complexity index is 541. The van der Waals surface area contributed by atoms with E-state index in [9.17, 15) is 0 Å². The van der Waals surface area contributed by atoms with E-state index in [1.807, 2.05) is 24.3 Å². The molecular formula is C22H36N2O2. The van der Waals surface area contributed by atoms with Crippen LogP contribution in [0.5, 0.6) is 0 Å². The van der Waals surface area contributed by atoms with Crippen LogP contribution < -0.4 is 5.73 Å². The molecule has 0 unspecified atom stereocenters. The molecule has 0 aromatic heterocycles. The molecule has 0 saturated carbocycles. The number of unbranched alkanes of at least 4 members (excludes halogenated alkanes) is 8. The smallest absolute Gasteiger partial charge is 0.300 e. The van der Waals surface area contributed by atoms with Crippen LogP contribution in [0.4, 0.5) is 0 Å². The average molecular weight is 361 g/mol. The fourth-order valence-corrected chi connectivity index (χ4v) is 3.35. The first-order valence-electron chi connectivity index (χ1n) is 10.5. The number of rotatable bonds is 14. The molecule has 26 heavy (non-hydrogen) atoms. The second-order valence-electron chi connectivity index (χ2n) is 7.15. The van der Waals surface area contributed by atoms with Crippen molar-refractivity contribution >= 4 is 5.84 Å². The molecule has 0 fully saturated rings. The fraction of sp³-hybridized carbons (Fsp3) is 0.682. The lowest BCUT2D eigenvalue weighted by Crippen LogP contribution is -2.30. The second-order valence-corrected chi connectivity index (χ2v) is 7.15. The van der Waals surface area contributed by atoms with E-state index in [1.165, 1.54) is 51.4 Å². The van der Waals surface area contributed by atoms with E-state index >= 15 is 0 Å². The average Bonchev–Trinajstić information content (AvgIpc) is 2.94.